The summed E-state index contributed by atoms with van der Waals surface area (Å²) in [4.78, 5) is 24.5. The third-order valence-electron chi connectivity index (χ3n) is 4.24. The molecule has 0 aliphatic carbocycles. The van der Waals surface area contributed by atoms with Crippen molar-refractivity contribution >= 4 is 11.9 Å². The number of rotatable bonds is 6. The van der Waals surface area contributed by atoms with Crippen LogP contribution in [0.1, 0.15) is 27.0 Å². The van der Waals surface area contributed by atoms with Crippen LogP contribution in [0.3, 0.4) is 0 Å². The van der Waals surface area contributed by atoms with Crippen LogP contribution in [0.2, 0.25) is 0 Å². The van der Waals surface area contributed by atoms with Crippen molar-refractivity contribution in [3.8, 4) is 5.75 Å². The summed E-state index contributed by atoms with van der Waals surface area (Å²) >= 11 is 0. The summed E-state index contributed by atoms with van der Waals surface area (Å²) in [6.07, 6.45) is 0.622. The minimum atomic E-state index is -1.00. The number of carbonyl (C=O) groups is 2. The number of hydrogen-bond acceptors (Lipinski definition) is 4. The number of aliphatic carboxylic acids is 1. The SMILES string of the molecule is NCc1ccc(COc2ccc3c(c2)CCN(CC(=O)O)C3=O)cc1. The number of carboxylic acid groups (broad SMARTS) is 1. The van der Waals surface area contributed by atoms with Crippen molar-refractivity contribution < 1.29 is 19.4 Å². The van der Waals surface area contributed by atoms with E-state index in [-0.39, 0.29) is 12.5 Å². The molecule has 1 amide bonds. The Morgan fingerprint density at radius 2 is 1.88 bits per heavy atom. The number of carbonyl (C=O) groups excluding carboxylic acids is 1. The summed E-state index contributed by atoms with van der Waals surface area (Å²) in [5, 5.41) is 8.87. The van der Waals surface area contributed by atoms with E-state index >= 15 is 0 Å². The topological polar surface area (TPSA) is 92.9 Å². The zero-order chi connectivity index (χ0) is 17.8. The zero-order valence-electron chi connectivity index (χ0n) is 13.8. The molecule has 130 valence electrons. The largest absolute Gasteiger partial charge is 0.489 e. The van der Waals surface area contributed by atoms with Gasteiger partial charge in [0.2, 0.25) is 0 Å². The molecule has 25 heavy (non-hydrogen) atoms. The van der Waals surface area contributed by atoms with Crippen molar-refractivity contribution in [3.05, 3.63) is 64.7 Å². The molecular weight excluding hydrogens is 320 g/mol. The molecule has 3 rings (SSSR count). The van der Waals surface area contributed by atoms with Crippen molar-refractivity contribution in [1.29, 1.82) is 0 Å². The van der Waals surface area contributed by atoms with Crippen LogP contribution >= 0.6 is 0 Å². The summed E-state index contributed by atoms with van der Waals surface area (Å²) in [6, 6.07) is 13.2. The van der Waals surface area contributed by atoms with E-state index in [1.165, 1.54) is 4.90 Å². The molecule has 0 atom stereocenters. The maximum Gasteiger partial charge on any atom is 0.323 e. The van der Waals surface area contributed by atoms with Crippen LogP contribution < -0.4 is 10.5 Å². The Morgan fingerprint density at radius 3 is 2.56 bits per heavy atom. The van der Waals surface area contributed by atoms with E-state index in [0.29, 0.717) is 37.4 Å². The van der Waals surface area contributed by atoms with Crippen LogP contribution in [0, 0.1) is 0 Å². The Kier molecular flexibility index (Phi) is 5.00. The first-order chi connectivity index (χ1) is 12.1. The number of hydrogen-bond donors (Lipinski definition) is 2. The molecule has 0 spiro atoms. The lowest BCUT2D eigenvalue weighted by Crippen LogP contribution is -2.40. The quantitative estimate of drug-likeness (QED) is 0.836. The van der Waals surface area contributed by atoms with Gasteiger partial charge in [0.1, 0.15) is 18.9 Å². The molecule has 6 nitrogen and oxygen atoms in total. The first-order valence-electron chi connectivity index (χ1n) is 8.11. The molecule has 1 aliphatic heterocycles. The van der Waals surface area contributed by atoms with Gasteiger partial charge in [-0.2, -0.15) is 0 Å². The molecule has 1 heterocycles. The van der Waals surface area contributed by atoms with Gasteiger partial charge in [0.25, 0.3) is 5.91 Å². The van der Waals surface area contributed by atoms with Crippen molar-refractivity contribution in [2.45, 2.75) is 19.6 Å². The van der Waals surface area contributed by atoms with E-state index in [9.17, 15) is 9.59 Å². The average molecular weight is 340 g/mol. The predicted octanol–water partition coefficient (Wildman–Crippen LogP) is 1.81. The maximum atomic E-state index is 12.3. The lowest BCUT2D eigenvalue weighted by molar-refractivity contribution is -0.137. The van der Waals surface area contributed by atoms with Gasteiger partial charge in [-0.3, -0.25) is 9.59 Å². The van der Waals surface area contributed by atoms with E-state index < -0.39 is 5.97 Å². The molecule has 2 aromatic rings. The second-order valence-corrected chi connectivity index (χ2v) is 6.00. The van der Waals surface area contributed by atoms with Gasteiger partial charge in [0.05, 0.1) is 0 Å². The highest BCUT2D eigenvalue weighted by Gasteiger charge is 2.25. The van der Waals surface area contributed by atoms with Gasteiger partial charge in [-0.15, -0.1) is 0 Å². The fraction of sp³-hybridized carbons (Fsp3) is 0.263. The fourth-order valence-electron chi connectivity index (χ4n) is 2.86. The lowest BCUT2D eigenvalue weighted by Gasteiger charge is -2.27. The van der Waals surface area contributed by atoms with Crippen molar-refractivity contribution in [2.24, 2.45) is 5.73 Å². The first-order valence-corrected chi connectivity index (χ1v) is 8.11. The van der Waals surface area contributed by atoms with E-state index in [1.807, 2.05) is 30.3 Å². The number of carboxylic acids is 1. The molecule has 0 saturated carbocycles. The monoisotopic (exact) mass is 340 g/mol. The fourth-order valence-corrected chi connectivity index (χ4v) is 2.86. The van der Waals surface area contributed by atoms with Gasteiger partial charge in [0.15, 0.2) is 0 Å². The molecule has 6 heteroatoms. The van der Waals surface area contributed by atoms with Gasteiger partial charge in [0, 0.05) is 18.7 Å². The van der Waals surface area contributed by atoms with Crippen LogP contribution in [-0.2, 0) is 24.4 Å². The van der Waals surface area contributed by atoms with Gasteiger partial charge in [-0.1, -0.05) is 24.3 Å². The zero-order valence-corrected chi connectivity index (χ0v) is 13.8. The van der Waals surface area contributed by atoms with E-state index in [2.05, 4.69) is 0 Å². The Balaban J connectivity index is 1.67. The number of amides is 1. The Labute approximate surface area is 145 Å². The van der Waals surface area contributed by atoms with E-state index in [4.69, 9.17) is 15.6 Å². The number of benzene rings is 2. The molecule has 0 saturated heterocycles. The summed E-state index contributed by atoms with van der Waals surface area (Å²) in [7, 11) is 0. The molecule has 1 aliphatic rings. The van der Waals surface area contributed by atoms with Crippen molar-refractivity contribution in [1.82, 2.24) is 4.90 Å². The van der Waals surface area contributed by atoms with E-state index in [1.54, 1.807) is 12.1 Å². The third kappa shape index (κ3) is 3.97. The molecular formula is C19H20N2O4. The third-order valence-corrected chi connectivity index (χ3v) is 4.24. The number of fused-ring (bicyclic) bond motifs is 1. The molecule has 2 aromatic carbocycles. The van der Waals surface area contributed by atoms with Crippen molar-refractivity contribution in [3.63, 3.8) is 0 Å². The highest BCUT2D eigenvalue weighted by atomic mass is 16.5. The van der Waals surface area contributed by atoms with Crippen molar-refractivity contribution in [2.75, 3.05) is 13.1 Å². The first kappa shape index (κ1) is 17.0. The summed E-state index contributed by atoms with van der Waals surface area (Å²) in [6.45, 7) is 1.08. The second-order valence-electron chi connectivity index (χ2n) is 6.00. The molecule has 0 radical (unpaired) electrons. The van der Waals surface area contributed by atoms with Crippen LogP contribution in [0.25, 0.3) is 0 Å². The molecule has 0 bridgehead atoms. The Bertz CT molecular complexity index is 787. The average Bonchev–Trinajstić information content (AvgIpc) is 2.62. The molecule has 0 fully saturated rings. The Hall–Kier alpha value is -2.86. The lowest BCUT2D eigenvalue weighted by atomic mass is 9.98. The number of nitrogens with zero attached hydrogens (tertiary/aromatic N) is 1. The van der Waals surface area contributed by atoms with Gasteiger partial charge in [-0.05, 0) is 41.3 Å². The number of nitrogens with two attached hydrogens (primary N) is 1. The smallest absolute Gasteiger partial charge is 0.323 e. The standard InChI is InChI=1S/C19H20N2O4/c20-10-13-1-3-14(4-2-13)12-25-16-5-6-17-15(9-16)7-8-21(19(17)24)11-18(22)23/h1-6,9H,7-8,10-12,20H2,(H,22,23). The number of ether oxygens (including phenoxy) is 1. The van der Waals surface area contributed by atoms with Gasteiger partial charge in [-0.25, -0.2) is 0 Å². The second kappa shape index (κ2) is 7.36. The summed E-state index contributed by atoms with van der Waals surface area (Å²) in [5.74, 6) is -0.550. The van der Waals surface area contributed by atoms with Gasteiger partial charge < -0.3 is 20.5 Å². The summed E-state index contributed by atoms with van der Waals surface area (Å²) in [5.41, 5.74) is 9.13. The predicted molar refractivity (Wildman–Crippen MR) is 92.4 cm³/mol. The highest BCUT2D eigenvalue weighted by molar-refractivity contribution is 5.98. The van der Waals surface area contributed by atoms with Gasteiger partial charge >= 0.3 is 5.97 Å². The van der Waals surface area contributed by atoms with Crippen LogP contribution in [0.4, 0.5) is 0 Å². The maximum absolute atomic E-state index is 12.3. The highest BCUT2D eigenvalue weighted by Crippen LogP contribution is 2.24. The molecule has 0 unspecified atom stereocenters. The minimum absolute atomic E-state index is 0.243. The van der Waals surface area contributed by atoms with Crippen LogP contribution in [0.5, 0.6) is 5.75 Å². The molecule has 0 aromatic heterocycles. The normalized spacial score (nSPS) is 13.5. The minimum Gasteiger partial charge on any atom is -0.489 e. The van der Waals surface area contributed by atoms with E-state index in [0.717, 1.165) is 16.7 Å². The summed E-state index contributed by atoms with van der Waals surface area (Å²) < 4.78 is 5.81. The van der Waals surface area contributed by atoms with Crippen LogP contribution in [-0.4, -0.2) is 35.0 Å². The Morgan fingerprint density at radius 1 is 1.16 bits per heavy atom. The van der Waals surface area contributed by atoms with Crippen LogP contribution in [0.15, 0.2) is 42.5 Å². The molecule has 3 N–H and O–H groups in total.